The maximum Gasteiger partial charge on any atom is 0.253 e. The molecule has 0 saturated carbocycles. The number of benzene rings is 1. The van der Waals surface area contributed by atoms with E-state index in [1.54, 1.807) is 11.0 Å². The summed E-state index contributed by atoms with van der Waals surface area (Å²) in [6.45, 7) is 6.62. The van der Waals surface area contributed by atoms with Crippen LogP contribution in [0.1, 0.15) is 49.5 Å². The van der Waals surface area contributed by atoms with Crippen molar-refractivity contribution in [1.82, 2.24) is 4.90 Å². The SMILES string of the molecule is CCCCN(C)C(=O)c1ccc2c(c1)C(C)(C)C(=O)N2. The predicted molar refractivity (Wildman–Crippen MR) is 80.0 cm³/mol. The third-order valence-electron chi connectivity index (χ3n) is 3.95. The van der Waals surface area contributed by atoms with E-state index in [2.05, 4.69) is 12.2 Å². The van der Waals surface area contributed by atoms with E-state index < -0.39 is 5.41 Å². The summed E-state index contributed by atoms with van der Waals surface area (Å²) in [6, 6.07) is 5.45. The maximum absolute atomic E-state index is 12.4. The van der Waals surface area contributed by atoms with Gasteiger partial charge in [0.15, 0.2) is 0 Å². The predicted octanol–water partition coefficient (Wildman–Crippen LogP) is 2.79. The Labute approximate surface area is 120 Å². The van der Waals surface area contributed by atoms with Crippen molar-refractivity contribution in [3.05, 3.63) is 29.3 Å². The summed E-state index contributed by atoms with van der Waals surface area (Å²) in [6.07, 6.45) is 2.06. The first-order valence-corrected chi connectivity index (χ1v) is 7.09. The van der Waals surface area contributed by atoms with Crippen LogP contribution in [0, 0.1) is 0 Å². The summed E-state index contributed by atoms with van der Waals surface area (Å²) in [4.78, 5) is 26.0. The number of fused-ring (bicyclic) bond motifs is 1. The highest BCUT2D eigenvalue weighted by molar-refractivity contribution is 6.07. The van der Waals surface area contributed by atoms with E-state index in [1.807, 2.05) is 33.0 Å². The zero-order chi connectivity index (χ0) is 14.9. The Morgan fingerprint density at radius 1 is 1.35 bits per heavy atom. The van der Waals surface area contributed by atoms with Crippen LogP contribution in [0.15, 0.2) is 18.2 Å². The fraction of sp³-hybridized carbons (Fsp3) is 0.500. The lowest BCUT2D eigenvalue weighted by molar-refractivity contribution is -0.119. The monoisotopic (exact) mass is 274 g/mol. The molecule has 1 aliphatic heterocycles. The summed E-state index contributed by atoms with van der Waals surface area (Å²) in [5.41, 5.74) is 1.78. The Morgan fingerprint density at radius 2 is 2.05 bits per heavy atom. The van der Waals surface area contributed by atoms with Gasteiger partial charge in [0.25, 0.3) is 5.91 Å². The molecule has 0 saturated heterocycles. The minimum Gasteiger partial charge on any atom is -0.342 e. The average molecular weight is 274 g/mol. The molecule has 1 N–H and O–H groups in total. The molecule has 0 atom stereocenters. The van der Waals surface area contributed by atoms with Crippen LogP contribution in [0.25, 0.3) is 0 Å². The number of nitrogens with one attached hydrogen (secondary N) is 1. The van der Waals surface area contributed by atoms with Crippen LogP contribution < -0.4 is 5.32 Å². The second-order valence-corrected chi connectivity index (χ2v) is 5.92. The molecule has 0 aliphatic carbocycles. The molecule has 4 nitrogen and oxygen atoms in total. The lowest BCUT2D eigenvalue weighted by Crippen LogP contribution is -2.29. The molecule has 1 aromatic carbocycles. The Hall–Kier alpha value is -1.84. The molecule has 4 heteroatoms. The topological polar surface area (TPSA) is 49.4 Å². The number of amides is 2. The molecule has 2 rings (SSSR count). The Kier molecular flexibility index (Phi) is 3.84. The zero-order valence-corrected chi connectivity index (χ0v) is 12.6. The van der Waals surface area contributed by atoms with Gasteiger partial charge in [0, 0.05) is 24.8 Å². The van der Waals surface area contributed by atoms with Crippen LogP contribution in [0.2, 0.25) is 0 Å². The van der Waals surface area contributed by atoms with Crippen molar-refractivity contribution < 1.29 is 9.59 Å². The number of hydrogen-bond acceptors (Lipinski definition) is 2. The molecule has 2 amide bonds. The summed E-state index contributed by atoms with van der Waals surface area (Å²) in [5, 5.41) is 2.85. The first kappa shape index (κ1) is 14.6. The van der Waals surface area contributed by atoms with Gasteiger partial charge in [-0.2, -0.15) is 0 Å². The van der Waals surface area contributed by atoms with Crippen LogP contribution in [0.5, 0.6) is 0 Å². The first-order valence-electron chi connectivity index (χ1n) is 7.09. The van der Waals surface area contributed by atoms with E-state index in [1.165, 1.54) is 0 Å². The number of nitrogens with zero attached hydrogens (tertiary/aromatic N) is 1. The molecular weight excluding hydrogens is 252 g/mol. The van der Waals surface area contributed by atoms with Crippen molar-refractivity contribution >= 4 is 17.5 Å². The number of carbonyl (C=O) groups excluding carboxylic acids is 2. The number of unbranched alkanes of at least 4 members (excludes halogenated alkanes) is 1. The van der Waals surface area contributed by atoms with Gasteiger partial charge in [-0.15, -0.1) is 0 Å². The fourth-order valence-corrected chi connectivity index (χ4v) is 2.42. The highest BCUT2D eigenvalue weighted by Gasteiger charge is 2.38. The third kappa shape index (κ3) is 2.42. The van der Waals surface area contributed by atoms with E-state index in [9.17, 15) is 9.59 Å². The molecule has 0 spiro atoms. The van der Waals surface area contributed by atoms with Crippen LogP contribution in [-0.4, -0.2) is 30.3 Å². The molecule has 0 unspecified atom stereocenters. The highest BCUT2D eigenvalue weighted by Crippen LogP contribution is 2.37. The molecule has 1 aromatic rings. The van der Waals surface area contributed by atoms with Gasteiger partial charge in [-0.25, -0.2) is 0 Å². The Bertz CT molecular complexity index is 549. The van der Waals surface area contributed by atoms with Crippen LogP contribution in [-0.2, 0) is 10.2 Å². The average Bonchev–Trinajstić information content (AvgIpc) is 2.65. The lowest BCUT2D eigenvalue weighted by atomic mass is 9.85. The summed E-state index contributed by atoms with van der Waals surface area (Å²) < 4.78 is 0. The van der Waals surface area contributed by atoms with E-state index in [-0.39, 0.29) is 11.8 Å². The largest absolute Gasteiger partial charge is 0.342 e. The lowest BCUT2D eigenvalue weighted by Gasteiger charge is -2.19. The summed E-state index contributed by atoms with van der Waals surface area (Å²) >= 11 is 0. The standard InChI is InChI=1S/C16H22N2O2/c1-5-6-9-18(4)14(19)11-7-8-13-12(10-11)16(2,3)15(20)17-13/h7-8,10H,5-6,9H2,1-4H3,(H,17,20). The number of hydrogen-bond donors (Lipinski definition) is 1. The van der Waals surface area contributed by atoms with Crippen molar-refractivity contribution in [2.24, 2.45) is 0 Å². The minimum atomic E-state index is -0.576. The smallest absolute Gasteiger partial charge is 0.253 e. The molecule has 0 radical (unpaired) electrons. The van der Waals surface area contributed by atoms with Crippen LogP contribution in [0.4, 0.5) is 5.69 Å². The molecule has 1 heterocycles. The summed E-state index contributed by atoms with van der Waals surface area (Å²) in [7, 11) is 1.82. The van der Waals surface area contributed by atoms with Gasteiger partial charge in [0.1, 0.15) is 0 Å². The molecule has 0 bridgehead atoms. The molecule has 20 heavy (non-hydrogen) atoms. The number of rotatable bonds is 4. The van der Waals surface area contributed by atoms with Crippen molar-refractivity contribution in [3.8, 4) is 0 Å². The van der Waals surface area contributed by atoms with Gasteiger partial charge in [-0.3, -0.25) is 9.59 Å². The van der Waals surface area contributed by atoms with Gasteiger partial charge >= 0.3 is 0 Å². The first-order chi connectivity index (χ1) is 9.37. The van der Waals surface area contributed by atoms with Crippen molar-refractivity contribution in [2.75, 3.05) is 18.9 Å². The maximum atomic E-state index is 12.4. The van der Waals surface area contributed by atoms with E-state index >= 15 is 0 Å². The van der Waals surface area contributed by atoms with Gasteiger partial charge in [-0.1, -0.05) is 13.3 Å². The molecular formula is C16H22N2O2. The van der Waals surface area contributed by atoms with Crippen LogP contribution >= 0.6 is 0 Å². The Balaban J connectivity index is 2.26. The molecule has 0 fully saturated rings. The number of anilines is 1. The highest BCUT2D eigenvalue weighted by atomic mass is 16.2. The normalized spacial score (nSPS) is 15.7. The second-order valence-electron chi connectivity index (χ2n) is 5.92. The number of carbonyl (C=O) groups is 2. The van der Waals surface area contributed by atoms with Crippen molar-refractivity contribution in [3.63, 3.8) is 0 Å². The molecule has 108 valence electrons. The van der Waals surface area contributed by atoms with E-state index in [0.717, 1.165) is 30.6 Å². The van der Waals surface area contributed by atoms with Gasteiger partial charge in [0.2, 0.25) is 5.91 Å². The fourth-order valence-electron chi connectivity index (χ4n) is 2.42. The quantitative estimate of drug-likeness (QED) is 0.917. The van der Waals surface area contributed by atoms with Gasteiger partial charge < -0.3 is 10.2 Å². The van der Waals surface area contributed by atoms with E-state index in [0.29, 0.717) is 5.56 Å². The summed E-state index contributed by atoms with van der Waals surface area (Å²) in [5.74, 6) is -0.00663. The molecule has 0 aromatic heterocycles. The van der Waals surface area contributed by atoms with Crippen LogP contribution in [0.3, 0.4) is 0 Å². The van der Waals surface area contributed by atoms with Gasteiger partial charge in [0.05, 0.1) is 5.41 Å². The molecule has 1 aliphatic rings. The minimum absolute atomic E-state index is 0.0106. The zero-order valence-electron chi connectivity index (χ0n) is 12.6. The van der Waals surface area contributed by atoms with Gasteiger partial charge in [-0.05, 0) is 44.0 Å². The second kappa shape index (κ2) is 5.27. The Morgan fingerprint density at radius 3 is 2.70 bits per heavy atom. The van der Waals surface area contributed by atoms with Crippen molar-refractivity contribution in [1.29, 1.82) is 0 Å². The third-order valence-corrected chi connectivity index (χ3v) is 3.95. The van der Waals surface area contributed by atoms with E-state index in [4.69, 9.17) is 0 Å². The van der Waals surface area contributed by atoms with Crippen molar-refractivity contribution in [2.45, 2.75) is 39.0 Å².